The number of hydrogen-bond donors (Lipinski definition) is 1. The SMILES string of the molecule is Cc1nc(CNC(=O)c2cnc(N(C)C)nc2-c2cccnc2)sc1C. The van der Waals surface area contributed by atoms with Gasteiger partial charge >= 0.3 is 0 Å². The Hall–Kier alpha value is -2.87. The lowest BCUT2D eigenvalue weighted by Crippen LogP contribution is -2.24. The molecule has 1 N–H and O–H groups in total. The van der Waals surface area contributed by atoms with Gasteiger partial charge in [-0.15, -0.1) is 11.3 Å². The molecule has 3 heterocycles. The van der Waals surface area contributed by atoms with Crippen LogP contribution in [0, 0.1) is 13.8 Å². The van der Waals surface area contributed by atoms with Crippen LogP contribution in [0.25, 0.3) is 11.3 Å². The van der Waals surface area contributed by atoms with Crippen LogP contribution < -0.4 is 10.2 Å². The van der Waals surface area contributed by atoms with Crippen LogP contribution in [0.5, 0.6) is 0 Å². The first-order valence-corrected chi connectivity index (χ1v) is 8.93. The van der Waals surface area contributed by atoms with Crippen LogP contribution in [0.3, 0.4) is 0 Å². The van der Waals surface area contributed by atoms with Crippen LogP contribution in [-0.2, 0) is 6.54 Å². The molecule has 0 aliphatic rings. The number of pyridine rings is 1. The lowest BCUT2D eigenvalue weighted by Gasteiger charge is -2.14. The van der Waals surface area contributed by atoms with Gasteiger partial charge in [-0.25, -0.2) is 15.0 Å². The number of amides is 1. The number of hydrogen-bond acceptors (Lipinski definition) is 7. The Morgan fingerprint density at radius 1 is 1.23 bits per heavy atom. The van der Waals surface area contributed by atoms with E-state index in [-0.39, 0.29) is 5.91 Å². The Kier molecular flexibility index (Phi) is 5.22. The van der Waals surface area contributed by atoms with E-state index in [1.54, 1.807) is 34.8 Å². The third-order valence-electron chi connectivity index (χ3n) is 3.83. The maximum absolute atomic E-state index is 12.7. The van der Waals surface area contributed by atoms with E-state index in [0.717, 1.165) is 21.1 Å². The quantitative estimate of drug-likeness (QED) is 0.745. The molecule has 134 valence electrons. The average molecular weight is 368 g/mol. The summed E-state index contributed by atoms with van der Waals surface area (Å²) in [6.45, 7) is 4.36. The van der Waals surface area contributed by atoms with Gasteiger partial charge in [0, 0.05) is 43.1 Å². The van der Waals surface area contributed by atoms with Crippen LogP contribution in [0.2, 0.25) is 0 Å². The molecule has 0 aromatic carbocycles. The first-order valence-electron chi connectivity index (χ1n) is 8.11. The summed E-state index contributed by atoms with van der Waals surface area (Å²) in [5.74, 6) is 0.297. The highest BCUT2D eigenvalue weighted by molar-refractivity contribution is 7.11. The highest BCUT2D eigenvalue weighted by atomic mass is 32.1. The highest BCUT2D eigenvalue weighted by Crippen LogP contribution is 2.22. The summed E-state index contributed by atoms with van der Waals surface area (Å²) in [4.78, 5) is 33.1. The number of aryl methyl sites for hydroxylation is 2. The summed E-state index contributed by atoms with van der Waals surface area (Å²) in [5.41, 5.74) is 2.73. The van der Waals surface area contributed by atoms with E-state index in [1.165, 1.54) is 0 Å². The van der Waals surface area contributed by atoms with Crippen molar-refractivity contribution in [3.8, 4) is 11.3 Å². The standard InChI is InChI=1S/C18H20N6OS/c1-11-12(2)26-15(22-11)10-20-17(25)14-9-21-18(24(3)4)23-16(14)13-6-5-7-19-8-13/h5-9H,10H2,1-4H3,(H,20,25). The van der Waals surface area contributed by atoms with E-state index in [9.17, 15) is 4.79 Å². The van der Waals surface area contributed by atoms with Gasteiger partial charge < -0.3 is 10.2 Å². The number of anilines is 1. The molecule has 0 bridgehead atoms. The average Bonchev–Trinajstić information content (AvgIpc) is 2.97. The molecule has 1 amide bonds. The molecule has 3 aromatic heterocycles. The van der Waals surface area contributed by atoms with Crippen molar-refractivity contribution < 1.29 is 4.79 Å². The number of nitrogens with zero attached hydrogens (tertiary/aromatic N) is 5. The number of thiazole rings is 1. The minimum Gasteiger partial charge on any atom is -0.347 e. The smallest absolute Gasteiger partial charge is 0.255 e. The van der Waals surface area contributed by atoms with Crippen molar-refractivity contribution in [3.63, 3.8) is 0 Å². The van der Waals surface area contributed by atoms with Crippen LogP contribution in [0.1, 0.15) is 25.9 Å². The molecule has 0 spiro atoms. The minimum absolute atomic E-state index is 0.236. The first kappa shape index (κ1) is 17.9. The van der Waals surface area contributed by atoms with E-state index < -0.39 is 0 Å². The maximum atomic E-state index is 12.7. The molecular weight excluding hydrogens is 348 g/mol. The Balaban J connectivity index is 1.89. The molecule has 0 atom stereocenters. The Bertz CT molecular complexity index is 903. The summed E-state index contributed by atoms with van der Waals surface area (Å²) in [7, 11) is 3.71. The summed E-state index contributed by atoms with van der Waals surface area (Å²) in [5, 5.41) is 3.79. The van der Waals surface area contributed by atoms with Crippen molar-refractivity contribution in [2.75, 3.05) is 19.0 Å². The molecule has 3 aromatic rings. The van der Waals surface area contributed by atoms with Crippen LogP contribution in [0.15, 0.2) is 30.7 Å². The van der Waals surface area contributed by atoms with Gasteiger partial charge in [-0.1, -0.05) is 0 Å². The molecule has 3 rings (SSSR count). The van der Waals surface area contributed by atoms with Gasteiger partial charge in [0.1, 0.15) is 5.01 Å². The van der Waals surface area contributed by atoms with E-state index >= 15 is 0 Å². The minimum atomic E-state index is -0.236. The molecular formula is C18H20N6OS. The van der Waals surface area contributed by atoms with Crippen molar-refractivity contribution in [1.82, 2.24) is 25.3 Å². The second-order valence-corrected chi connectivity index (χ2v) is 7.29. The van der Waals surface area contributed by atoms with Crippen molar-refractivity contribution >= 4 is 23.2 Å². The Morgan fingerprint density at radius 3 is 2.65 bits per heavy atom. The molecule has 0 radical (unpaired) electrons. The monoisotopic (exact) mass is 368 g/mol. The predicted octanol–water partition coefficient (Wildman–Crippen LogP) is 2.61. The van der Waals surface area contributed by atoms with E-state index in [2.05, 4.69) is 25.3 Å². The molecule has 7 nitrogen and oxygen atoms in total. The molecule has 0 fully saturated rings. The van der Waals surface area contributed by atoms with E-state index in [1.807, 2.05) is 40.1 Å². The van der Waals surface area contributed by atoms with Crippen LogP contribution in [-0.4, -0.2) is 39.9 Å². The molecule has 26 heavy (non-hydrogen) atoms. The zero-order valence-electron chi connectivity index (χ0n) is 15.1. The number of carbonyl (C=O) groups excluding carboxylic acids is 1. The molecule has 0 saturated heterocycles. The lowest BCUT2D eigenvalue weighted by molar-refractivity contribution is 0.0951. The van der Waals surface area contributed by atoms with Gasteiger partial charge in [-0.05, 0) is 26.0 Å². The van der Waals surface area contributed by atoms with Gasteiger partial charge in [0.15, 0.2) is 0 Å². The fourth-order valence-corrected chi connectivity index (χ4v) is 3.22. The predicted molar refractivity (Wildman–Crippen MR) is 102 cm³/mol. The van der Waals surface area contributed by atoms with E-state index in [4.69, 9.17) is 0 Å². The molecule has 0 aliphatic carbocycles. The number of nitrogens with one attached hydrogen (secondary N) is 1. The van der Waals surface area contributed by atoms with Crippen molar-refractivity contribution in [1.29, 1.82) is 0 Å². The zero-order chi connectivity index (χ0) is 18.7. The Morgan fingerprint density at radius 2 is 2.04 bits per heavy atom. The second-order valence-electron chi connectivity index (χ2n) is 6.00. The van der Waals surface area contributed by atoms with Gasteiger partial charge in [0.2, 0.25) is 5.95 Å². The molecule has 8 heteroatoms. The van der Waals surface area contributed by atoms with Gasteiger partial charge in [-0.2, -0.15) is 0 Å². The van der Waals surface area contributed by atoms with Crippen molar-refractivity contribution in [3.05, 3.63) is 51.9 Å². The third-order valence-corrected chi connectivity index (χ3v) is 4.90. The van der Waals surface area contributed by atoms with Crippen LogP contribution in [0.4, 0.5) is 5.95 Å². The first-order chi connectivity index (χ1) is 12.5. The number of aromatic nitrogens is 4. The second kappa shape index (κ2) is 7.57. The maximum Gasteiger partial charge on any atom is 0.255 e. The van der Waals surface area contributed by atoms with Crippen molar-refractivity contribution in [2.24, 2.45) is 0 Å². The van der Waals surface area contributed by atoms with Gasteiger partial charge in [0.25, 0.3) is 5.91 Å². The lowest BCUT2D eigenvalue weighted by atomic mass is 10.1. The molecule has 0 unspecified atom stereocenters. The zero-order valence-corrected chi connectivity index (χ0v) is 16.0. The normalized spacial score (nSPS) is 10.6. The largest absolute Gasteiger partial charge is 0.347 e. The molecule has 0 saturated carbocycles. The number of carbonyl (C=O) groups is 1. The van der Waals surface area contributed by atoms with E-state index in [0.29, 0.717) is 23.8 Å². The third kappa shape index (κ3) is 3.85. The summed E-state index contributed by atoms with van der Waals surface area (Å²) < 4.78 is 0. The molecule has 0 aliphatic heterocycles. The Labute approximate surface area is 156 Å². The van der Waals surface area contributed by atoms with Crippen molar-refractivity contribution in [2.45, 2.75) is 20.4 Å². The summed E-state index contributed by atoms with van der Waals surface area (Å²) >= 11 is 1.58. The van der Waals surface area contributed by atoms with Crippen LogP contribution >= 0.6 is 11.3 Å². The summed E-state index contributed by atoms with van der Waals surface area (Å²) in [6, 6.07) is 3.69. The van der Waals surface area contributed by atoms with Gasteiger partial charge in [-0.3, -0.25) is 9.78 Å². The summed E-state index contributed by atoms with van der Waals surface area (Å²) in [6.07, 6.45) is 4.93. The fourth-order valence-electron chi connectivity index (χ4n) is 2.34. The topological polar surface area (TPSA) is 83.9 Å². The van der Waals surface area contributed by atoms with Gasteiger partial charge in [0.05, 0.1) is 23.5 Å². The highest BCUT2D eigenvalue weighted by Gasteiger charge is 2.17. The fraction of sp³-hybridized carbons (Fsp3) is 0.278. The number of rotatable bonds is 5.